The Labute approximate surface area is 141 Å². The number of halogens is 1. The third-order valence-electron chi connectivity index (χ3n) is 3.16. The van der Waals surface area contributed by atoms with Crippen LogP contribution in [0.5, 0.6) is 0 Å². The number of rotatable bonds is 8. The summed E-state index contributed by atoms with van der Waals surface area (Å²) in [6.45, 7) is 7.56. The highest BCUT2D eigenvalue weighted by molar-refractivity contribution is 6.29. The van der Waals surface area contributed by atoms with Crippen molar-refractivity contribution in [1.29, 1.82) is 5.26 Å². The Morgan fingerprint density at radius 3 is 2.57 bits per heavy atom. The van der Waals surface area contributed by atoms with Crippen LogP contribution in [-0.2, 0) is 16.1 Å². The molecule has 0 spiro atoms. The van der Waals surface area contributed by atoms with Gasteiger partial charge in [-0.25, -0.2) is 9.78 Å². The second-order valence-corrected chi connectivity index (χ2v) is 4.96. The normalized spacial score (nSPS) is 11.3. The molecule has 0 bridgehead atoms. The van der Waals surface area contributed by atoms with Gasteiger partial charge in [0.15, 0.2) is 5.57 Å². The van der Waals surface area contributed by atoms with Crippen LogP contribution in [0.2, 0.25) is 5.15 Å². The van der Waals surface area contributed by atoms with Crippen molar-refractivity contribution >= 4 is 17.6 Å². The van der Waals surface area contributed by atoms with Gasteiger partial charge in [0.05, 0.1) is 6.61 Å². The number of esters is 1. The summed E-state index contributed by atoms with van der Waals surface area (Å²) in [7, 11) is 0. The van der Waals surface area contributed by atoms with E-state index in [9.17, 15) is 10.1 Å². The van der Waals surface area contributed by atoms with Crippen LogP contribution in [0.1, 0.15) is 26.3 Å². The van der Waals surface area contributed by atoms with Gasteiger partial charge in [-0.05, 0) is 32.4 Å². The maximum atomic E-state index is 12.0. The first-order valence-corrected chi connectivity index (χ1v) is 7.85. The van der Waals surface area contributed by atoms with Gasteiger partial charge in [-0.2, -0.15) is 5.26 Å². The Hall–Kier alpha value is -2.26. The summed E-state index contributed by atoms with van der Waals surface area (Å²) in [6.07, 6.45) is 1.64. The first kappa shape index (κ1) is 18.8. The van der Waals surface area contributed by atoms with Crippen LogP contribution >= 0.6 is 11.6 Å². The van der Waals surface area contributed by atoms with Gasteiger partial charge in [0.2, 0.25) is 0 Å². The van der Waals surface area contributed by atoms with Crippen molar-refractivity contribution in [3.63, 3.8) is 0 Å². The number of nitriles is 1. The molecule has 0 saturated carbocycles. The lowest BCUT2D eigenvalue weighted by atomic mass is 10.2. The van der Waals surface area contributed by atoms with Crippen LogP contribution in [0.25, 0.3) is 0 Å². The number of carbonyl (C=O) groups excluding carboxylic acids is 1. The summed E-state index contributed by atoms with van der Waals surface area (Å²) in [4.78, 5) is 17.9. The first-order valence-electron chi connectivity index (χ1n) is 7.48. The highest BCUT2D eigenvalue weighted by atomic mass is 35.5. The molecular weight excluding hydrogens is 316 g/mol. The Morgan fingerprint density at radius 2 is 2.09 bits per heavy atom. The van der Waals surface area contributed by atoms with E-state index in [4.69, 9.17) is 16.3 Å². The van der Waals surface area contributed by atoms with Crippen LogP contribution in [0.4, 0.5) is 0 Å². The van der Waals surface area contributed by atoms with Gasteiger partial charge in [0.1, 0.15) is 17.0 Å². The summed E-state index contributed by atoms with van der Waals surface area (Å²) in [5, 5.41) is 12.9. The van der Waals surface area contributed by atoms with Crippen molar-refractivity contribution in [3.05, 3.63) is 40.4 Å². The number of hydrogen-bond donors (Lipinski definition) is 1. The molecule has 0 fully saturated rings. The van der Waals surface area contributed by atoms with E-state index < -0.39 is 5.97 Å². The lowest BCUT2D eigenvalue weighted by molar-refractivity contribution is -0.138. The quantitative estimate of drug-likeness (QED) is 0.340. The van der Waals surface area contributed by atoms with E-state index in [0.717, 1.165) is 5.56 Å². The van der Waals surface area contributed by atoms with Crippen LogP contribution in [-0.4, -0.2) is 35.5 Å². The van der Waals surface area contributed by atoms with Gasteiger partial charge in [-0.15, -0.1) is 0 Å². The van der Waals surface area contributed by atoms with Crippen LogP contribution in [0.3, 0.4) is 0 Å². The Balaban J connectivity index is 3.06. The van der Waals surface area contributed by atoms with Crippen LogP contribution < -0.4 is 5.32 Å². The molecule has 0 saturated heterocycles. The minimum atomic E-state index is -0.626. The summed E-state index contributed by atoms with van der Waals surface area (Å²) in [5.74, 6) is -0.162. The average Bonchev–Trinajstić information content (AvgIpc) is 2.55. The lowest BCUT2D eigenvalue weighted by Crippen LogP contribution is -2.34. The van der Waals surface area contributed by atoms with Crippen molar-refractivity contribution in [2.45, 2.75) is 27.3 Å². The molecule has 1 heterocycles. The zero-order valence-electron chi connectivity index (χ0n) is 13.6. The van der Waals surface area contributed by atoms with Crippen LogP contribution in [0.15, 0.2) is 29.7 Å². The second-order valence-electron chi connectivity index (χ2n) is 4.57. The van der Waals surface area contributed by atoms with Gasteiger partial charge in [0, 0.05) is 25.8 Å². The molecule has 1 aromatic heterocycles. The van der Waals surface area contributed by atoms with Gasteiger partial charge >= 0.3 is 5.97 Å². The molecule has 0 amide bonds. The zero-order chi connectivity index (χ0) is 17.2. The molecule has 0 aliphatic carbocycles. The maximum absolute atomic E-state index is 12.0. The SMILES string of the molecule is CCOC(=O)C(C#N)=C(NCc1ccc(Cl)nc1)N(CC)CC. The third-order valence-corrected chi connectivity index (χ3v) is 3.38. The number of aromatic nitrogens is 1. The summed E-state index contributed by atoms with van der Waals surface area (Å²) in [5.41, 5.74) is 0.859. The number of nitrogens with one attached hydrogen (secondary N) is 1. The molecular formula is C16H21ClN4O2. The van der Waals surface area contributed by atoms with E-state index in [0.29, 0.717) is 30.6 Å². The minimum absolute atomic E-state index is 0.0301. The van der Waals surface area contributed by atoms with Gasteiger partial charge in [-0.3, -0.25) is 0 Å². The third kappa shape index (κ3) is 5.46. The second kappa shape index (κ2) is 9.70. The molecule has 6 nitrogen and oxygen atoms in total. The fourth-order valence-corrected chi connectivity index (χ4v) is 2.11. The van der Waals surface area contributed by atoms with Gasteiger partial charge in [-0.1, -0.05) is 17.7 Å². The number of ether oxygens (including phenoxy) is 1. The first-order chi connectivity index (χ1) is 11.1. The topological polar surface area (TPSA) is 78.2 Å². The average molecular weight is 337 g/mol. The van der Waals surface area contributed by atoms with E-state index in [1.807, 2.05) is 30.9 Å². The largest absolute Gasteiger partial charge is 0.462 e. The lowest BCUT2D eigenvalue weighted by Gasteiger charge is -2.26. The van der Waals surface area contributed by atoms with Crippen molar-refractivity contribution in [2.75, 3.05) is 19.7 Å². The number of carbonyl (C=O) groups is 1. The van der Waals surface area contributed by atoms with E-state index in [1.54, 1.807) is 19.2 Å². The molecule has 0 aliphatic rings. The molecule has 0 aromatic carbocycles. The molecule has 1 aromatic rings. The van der Waals surface area contributed by atoms with Crippen molar-refractivity contribution < 1.29 is 9.53 Å². The molecule has 23 heavy (non-hydrogen) atoms. The fourth-order valence-electron chi connectivity index (χ4n) is 1.99. The van der Waals surface area contributed by atoms with E-state index in [-0.39, 0.29) is 12.2 Å². The van der Waals surface area contributed by atoms with Gasteiger partial charge < -0.3 is 15.0 Å². The molecule has 0 unspecified atom stereocenters. The molecule has 1 rings (SSSR count). The zero-order valence-corrected chi connectivity index (χ0v) is 14.4. The molecule has 1 N–H and O–H groups in total. The predicted octanol–water partition coefficient (Wildman–Crippen LogP) is 2.46. The predicted molar refractivity (Wildman–Crippen MR) is 88.3 cm³/mol. The molecule has 124 valence electrons. The minimum Gasteiger partial charge on any atom is -0.462 e. The van der Waals surface area contributed by atoms with E-state index in [2.05, 4.69) is 10.3 Å². The Kier molecular flexibility index (Phi) is 7.92. The number of hydrogen-bond acceptors (Lipinski definition) is 6. The molecule has 0 radical (unpaired) electrons. The van der Waals surface area contributed by atoms with Crippen LogP contribution in [0, 0.1) is 11.3 Å². The fraction of sp³-hybridized carbons (Fsp3) is 0.438. The maximum Gasteiger partial charge on any atom is 0.352 e. The molecule has 0 aliphatic heterocycles. The number of nitrogens with zero attached hydrogens (tertiary/aromatic N) is 3. The Bertz CT molecular complexity index is 589. The number of pyridine rings is 1. The van der Waals surface area contributed by atoms with Gasteiger partial charge in [0.25, 0.3) is 0 Å². The summed E-state index contributed by atoms with van der Waals surface area (Å²) >= 11 is 5.77. The van der Waals surface area contributed by atoms with E-state index >= 15 is 0 Å². The van der Waals surface area contributed by atoms with Crippen molar-refractivity contribution in [3.8, 4) is 6.07 Å². The highest BCUT2D eigenvalue weighted by Gasteiger charge is 2.20. The smallest absolute Gasteiger partial charge is 0.352 e. The highest BCUT2D eigenvalue weighted by Crippen LogP contribution is 2.12. The standard InChI is InChI=1S/C16H21ClN4O2/c1-4-21(5-2)15(13(9-18)16(22)23-6-3)20-11-12-7-8-14(17)19-10-12/h7-8,10,20H,4-6,11H2,1-3H3. The van der Waals surface area contributed by atoms with E-state index in [1.165, 1.54) is 0 Å². The molecule has 0 atom stereocenters. The van der Waals surface area contributed by atoms with Crippen molar-refractivity contribution in [2.24, 2.45) is 0 Å². The molecule has 7 heteroatoms. The summed E-state index contributed by atoms with van der Waals surface area (Å²) < 4.78 is 4.97. The monoisotopic (exact) mass is 336 g/mol. The Morgan fingerprint density at radius 1 is 1.39 bits per heavy atom. The van der Waals surface area contributed by atoms with Crippen molar-refractivity contribution in [1.82, 2.24) is 15.2 Å². The summed E-state index contributed by atoms with van der Waals surface area (Å²) in [6, 6.07) is 5.47.